The summed E-state index contributed by atoms with van der Waals surface area (Å²) in [5, 5.41) is 2.83. The summed E-state index contributed by atoms with van der Waals surface area (Å²) in [6, 6.07) is 7.53. The van der Waals surface area contributed by atoms with E-state index in [2.05, 4.69) is 10.3 Å². The summed E-state index contributed by atoms with van der Waals surface area (Å²) in [7, 11) is 0. The van der Waals surface area contributed by atoms with Gasteiger partial charge in [0.2, 0.25) is 0 Å². The summed E-state index contributed by atoms with van der Waals surface area (Å²) in [4.78, 5) is 4.16. The Labute approximate surface area is 80.9 Å². The molecule has 0 saturated carbocycles. The van der Waals surface area contributed by atoms with E-state index in [0.717, 1.165) is 5.52 Å². The normalized spacial score (nSPS) is 13.0. The fourth-order valence-electron chi connectivity index (χ4n) is 1.18. The largest absolute Gasteiger partial charge is 0.424 e. The first kappa shape index (κ1) is 8.99. The highest BCUT2D eigenvalue weighted by Crippen LogP contribution is 2.18. The molecular weight excluding hydrogens is 183 g/mol. The van der Waals surface area contributed by atoms with Gasteiger partial charge in [0, 0.05) is 0 Å². The van der Waals surface area contributed by atoms with Gasteiger partial charge in [-0.2, -0.15) is 4.98 Å². The molecule has 3 nitrogen and oxygen atoms in total. The van der Waals surface area contributed by atoms with E-state index in [1.165, 1.54) is 0 Å². The van der Waals surface area contributed by atoms with Crippen molar-refractivity contribution in [3.05, 3.63) is 24.3 Å². The smallest absolute Gasteiger partial charge is 0.295 e. The summed E-state index contributed by atoms with van der Waals surface area (Å²) < 4.78 is 17.5. The Bertz CT molecular complexity index is 394. The van der Waals surface area contributed by atoms with Crippen LogP contribution in [-0.4, -0.2) is 17.7 Å². The van der Waals surface area contributed by atoms with Crippen LogP contribution < -0.4 is 5.32 Å². The van der Waals surface area contributed by atoms with Crippen molar-refractivity contribution in [3.8, 4) is 0 Å². The lowest BCUT2D eigenvalue weighted by Crippen LogP contribution is -2.16. The minimum absolute atomic E-state index is 0.275. The van der Waals surface area contributed by atoms with Gasteiger partial charge < -0.3 is 9.73 Å². The molecule has 4 heteroatoms. The fraction of sp³-hybridized carbons (Fsp3) is 0.300. The number of para-hydroxylation sites is 2. The first-order valence-electron chi connectivity index (χ1n) is 4.47. The number of nitrogens with one attached hydrogen (secondary N) is 1. The molecule has 0 amide bonds. The van der Waals surface area contributed by atoms with Crippen LogP contribution in [0.2, 0.25) is 0 Å². The summed E-state index contributed by atoms with van der Waals surface area (Å²) in [5.41, 5.74) is 1.49. The topological polar surface area (TPSA) is 38.1 Å². The van der Waals surface area contributed by atoms with Gasteiger partial charge in [-0.3, -0.25) is 0 Å². The zero-order valence-electron chi connectivity index (χ0n) is 7.83. The number of halogens is 1. The van der Waals surface area contributed by atoms with E-state index in [-0.39, 0.29) is 6.04 Å². The zero-order valence-corrected chi connectivity index (χ0v) is 7.83. The second kappa shape index (κ2) is 3.65. The Balaban J connectivity index is 2.27. The van der Waals surface area contributed by atoms with Gasteiger partial charge in [0.25, 0.3) is 6.01 Å². The van der Waals surface area contributed by atoms with Crippen molar-refractivity contribution in [3.63, 3.8) is 0 Å². The molecule has 0 fully saturated rings. The third-order valence-corrected chi connectivity index (χ3v) is 1.90. The van der Waals surface area contributed by atoms with Crippen molar-refractivity contribution >= 4 is 17.1 Å². The van der Waals surface area contributed by atoms with Gasteiger partial charge in [-0.15, -0.1) is 0 Å². The lowest BCUT2D eigenvalue weighted by molar-refractivity contribution is 0.452. The molecule has 1 N–H and O–H groups in total. The molecule has 0 saturated heterocycles. The Kier molecular flexibility index (Phi) is 2.35. The van der Waals surface area contributed by atoms with Crippen LogP contribution in [0.4, 0.5) is 10.4 Å². The number of nitrogens with zero attached hydrogens (tertiary/aromatic N) is 1. The summed E-state index contributed by atoms with van der Waals surface area (Å²) in [6.07, 6.45) is 0. The van der Waals surface area contributed by atoms with Gasteiger partial charge in [-0.25, -0.2) is 4.39 Å². The van der Waals surface area contributed by atoms with E-state index in [1.807, 2.05) is 24.3 Å². The van der Waals surface area contributed by atoms with Gasteiger partial charge in [0.1, 0.15) is 12.2 Å². The van der Waals surface area contributed by atoms with Crippen LogP contribution in [0, 0.1) is 0 Å². The summed E-state index contributed by atoms with van der Waals surface area (Å²) in [6.45, 7) is 1.29. The molecule has 1 atom stereocenters. The van der Waals surface area contributed by atoms with Crippen LogP contribution in [0.15, 0.2) is 28.7 Å². The predicted molar refractivity (Wildman–Crippen MR) is 53.1 cm³/mol. The quantitative estimate of drug-likeness (QED) is 0.816. The highest BCUT2D eigenvalue weighted by molar-refractivity contribution is 5.74. The lowest BCUT2D eigenvalue weighted by atomic mass is 10.3. The number of anilines is 1. The van der Waals surface area contributed by atoms with E-state index in [4.69, 9.17) is 4.42 Å². The molecule has 0 radical (unpaired) electrons. The van der Waals surface area contributed by atoms with E-state index in [0.29, 0.717) is 11.6 Å². The molecule has 14 heavy (non-hydrogen) atoms. The molecule has 74 valence electrons. The third-order valence-electron chi connectivity index (χ3n) is 1.90. The number of hydrogen-bond donors (Lipinski definition) is 1. The number of alkyl halides is 1. The number of rotatable bonds is 3. The number of oxazole rings is 1. The van der Waals surface area contributed by atoms with Crippen molar-refractivity contribution in [1.82, 2.24) is 4.98 Å². The van der Waals surface area contributed by atoms with Crippen LogP contribution in [-0.2, 0) is 0 Å². The number of hydrogen-bond acceptors (Lipinski definition) is 3. The van der Waals surface area contributed by atoms with Crippen molar-refractivity contribution < 1.29 is 8.81 Å². The summed E-state index contributed by atoms with van der Waals surface area (Å²) >= 11 is 0. The van der Waals surface area contributed by atoms with Crippen molar-refractivity contribution in [2.45, 2.75) is 13.0 Å². The molecular formula is C10H11FN2O. The van der Waals surface area contributed by atoms with Gasteiger partial charge in [-0.05, 0) is 19.1 Å². The lowest BCUT2D eigenvalue weighted by Gasteiger charge is -2.05. The minimum atomic E-state index is -0.446. The molecule has 2 aromatic rings. The Hall–Kier alpha value is -1.58. The number of aromatic nitrogens is 1. The van der Waals surface area contributed by atoms with Gasteiger partial charge >= 0.3 is 0 Å². The van der Waals surface area contributed by atoms with E-state index in [9.17, 15) is 4.39 Å². The Morgan fingerprint density at radius 3 is 3.00 bits per heavy atom. The van der Waals surface area contributed by atoms with E-state index < -0.39 is 6.67 Å². The molecule has 0 spiro atoms. The van der Waals surface area contributed by atoms with Crippen molar-refractivity contribution in [1.29, 1.82) is 0 Å². The molecule has 0 aliphatic heterocycles. The van der Waals surface area contributed by atoms with Gasteiger partial charge in [0.05, 0.1) is 6.04 Å². The number of fused-ring (bicyclic) bond motifs is 1. The Morgan fingerprint density at radius 2 is 2.29 bits per heavy atom. The molecule has 1 aromatic carbocycles. The average Bonchev–Trinajstić information content (AvgIpc) is 2.59. The second-order valence-corrected chi connectivity index (χ2v) is 3.19. The zero-order chi connectivity index (χ0) is 9.97. The predicted octanol–water partition coefficient (Wildman–Crippen LogP) is 2.60. The van der Waals surface area contributed by atoms with Crippen LogP contribution in [0.1, 0.15) is 6.92 Å². The van der Waals surface area contributed by atoms with Crippen LogP contribution in [0.5, 0.6) is 0 Å². The molecule has 0 aliphatic carbocycles. The first-order chi connectivity index (χ1) is 6.79. The van der Waals surface area contributed by atoms with E-state index >= 15 is 0 Å². The summed E-state index contributed by atoms with van der Waals surface area (Å²) in [5.74, 6) is 0. The molecule has 0 aliphatic rings. The Morgan fingerprint density at radius 1 is 1.50 bits per heavy atom. The van der Waals surface area contributed by atoms with Crippen LogP contribution >= 0.6 is 0 Å². The fourth-order valence-corrected chi connectivity index (χ4v) is 1.18. The molecule has 1 unspecified atom stereocenters. The van der Waals surface area contributed by atoms with Crippen molar-refractivity contribution in [2.24, 2.45) is 0 Å². The SMILES string of the molecule is CC(CF)Nc1nc2ccccc2o1. The van der Waals surface area contributed by atoms with E-state index in [1.54, 1.807) is 6.92 Å². The molecule has 0 bridgehead atoms. The second-order valence-electron chi connectivity index (χ2n) is 3.19. The van der Waals surface area contributed by atoms with Crippen LogP contribution in [0.3, 0.4) is 0 Å². The number of benzene rings is 1. The molecule has 1 heterocycles. The molecule has 1 aromatic heterocycles. The highest BCUT2D eigenvalue weighted by Gasteiger charge is 2.07. The third kappa shape index (κ3) is 1.69. The standard InChI is InChI=1S/C10H11FN2O/c1-7(6-11)12-10-13-8-4-2-3-5-9(8)14-10/h2-5,7H,6H2,1H3,(H,12,13). The highest BCUT2D eigenvalue weighted by atomic mass is 19.1. The average molecular weight is 194 g/mol. The van der Waals surface area contributed by atoms with Crippen LogP contribution in [0.25, 0.3) is 11.1 Å². The minimum Gasteiger partial charge on any atom is -0.424 e. The molecule has 2 rings (SSSR count). The maximum Gasteiger partial charge on any atom is 0.295 e. The monoisotopic (exact) mass is 194 g/mol. The van der Waals surface area contributed by atoms with Gasteiger partial charge in [0.15, 0.2) is 5.58 Å². The van der Waals surface area contributed by atoms with Crippen molar-refractivity contribution in [2.75, 3.05) is 12.0 Å². The maximum absolute atomic E-state index is 12.2. The first-order valence-corrected chi connectivity index (χ1v) is 4.47. The van der Waals surface area contributed by atoms with Gasteiger partial charge in [-0.1, -0.05) is 12.1 Å². The maximum atomic E-state index is 12.2.